The third kappa shape index (κ3) is 5.67. The van der Waals surface area contributed by atoms with E-state index in [0.29, 0.717) is 5.75 Å². The van der Waals surface area contributed by atoms with Gasteiger partial charge in [-0.25, -0.2) is 0 Å². The summed E-state index contributed by atoms with van der Waals surface area (Å²) in [5, 5.41) is 0. The van der Waals surface area contributed by atoms with Crippen LogP contribution in [0.25, 0.3) is 0 Å². The summed E-state index contributed by atoms with van der Waals surface area (Å²) < 4.78 is 35.4. The Morgan fingerprint density at radius 1 is 1.33 bits per heavy atom. The Hall–Kier alpha value is -0.710. The average Bonchev–Trinajstić information content (AvgIpc) is 2.14. The van der Waals surface area contributed by atoms with Crippen LogP contribution >= 0.6 is 11.8 Å². The molecule has 0 aliphatic heterocycles. The third-order valence-electron chi connectivity index (χ3n) is 1.75. The van der Waals surface area contributed by atoms with Gasteiger partial charge in [0, 0.05) is 17.7 Å². The van der Waals surface area contributed by atoms with Crippen molar-refractivity contribution < 1.29 is 13.2 Å². The molecule has 0 fully saturated rings. The maximum atomic E-state index is 11.8. The molecule has 0 saturated heterocycles. The standard InChI is InChI=1S/C10H12F3NS/c1-8-2-3-9(14-6-8)7-15-5-4-10(11,12)13/h2-3,6H,4-5,7H2,1H3. The van der Waals surface area contributed by atoms with Crippen molar-refractivity contribution >= 4 is 11.8 Å². The number of halogens is 3. The van der Waals surface area contributed by atoms with Crippen molar-refractivity contribution in [2.45, 2.75) is 25.3 Å². The van der Waals surface area contributed by atoms with Crippen molar-refractivity contribution in [2.24, 2.45) is 0 Å². The van der Waals surface area contributed by atoms with Crippen LogP contribution in [0.2, 0.25) is 0 Å². The van der Waals surface area contributed by atoms with E-state index in [4.69, 9.17) is 0 Å². The first-order chi connectivity index (χ1) is 6.97. The summed E-state index contributed by atoms with van der Waals surface area (Å²) in [6, 6.07) is 3.75. The Kier molecular flexibility index (Phi) is 4.45. The molecule has 84 valence electrons. The van der Waals surface area contributed by atoms with Crippen LogP contribution in [0.5, 0.6) is 0 Å². The molecule has 0 atom stereocenters. The van der Waals surface area contributed by atoms with Gasteiger partial charge in [-0.1, -0.05) is 6.07 Å². The van der Waals surface area contributed by atoms with Gasteiger partial charge >= 0.3 is 6.18 Å². The molecule has 0 aromatic carbocycles. The fourth-order valence-electron chi connectivity index (χ4n) is 0.948. The lowest BCUT2D eigenvalue weighted by molar-refractivity contribution is -0.129. The molecule has 0 aliphatic rings. The number of aryl methyl sites for hydroxylation is 1. The number of hydrogen-bond acceptors (Lipinski definition) is 2. The minimum Gasteiger partial charge on any atom is -0.260 e. The lowest BCUT2D eigenvalue weighted by Gasteiger charge is -2.05. The van der Waals surface area contributed by atoms with Crippen molar-refractivity contribution in [3.63, 3.8) is 0 Å². The van der Waals surface area contributed by atoms with Crippen molar-refractivity contribution in [3.05, 3.63) is 29.6 Å². The van der Waals surface area contributed by atoms with E-state index in [1.807, 2.05) is 19.1 Å². The molecule has 5 heteroatoms. The molecule has 15 heavy (non-hydrogen) atoms. The topological polar surface area (TPSA) is 12.9 Å². The maximum Gasteiger partial charge on any atom is 0.389 e. The Labute approximate surface area is 91.1 Å². The first-order valence-corrected chi connectivity index (χ1v) is 5.69. The van der Waals surface area contributed by atoms with Crippen molar-refractivity contribution in [2.75, 3.05) is 5.75 Å². The van der Waals surface area contributed by atoms with Crippen molar-refractivity contribution in [1.82, 2.24) is 4.98 Å². The molecule has 1 heterocycles. The Balaban J connectivity index is 2.23. The quantitative estimate of drug-likeness (QED) is 0.740. The number of pyridine rings is 1. The molecule has 0 radical (unpaired) electrons. The Bertz CT molecular complexity index is 295. The number of rotatable bonds is 4. The van der Waals surface area contributed by atoms with Crippen LogP contribution in [0.15, 0.2) is 18.3 Å². The summed E-state index contributed by atoms with van der Waals surface area (Å²) in [6.07, 6.45) is -3.06. The molecule has 0 N–H and O–H groups in total. The van der Waals surface area contributed by atoms with Gasteiger partial charge in [-0.05, 0) is 18.6 Å². The molecule has 0 unspecified atom stereocenters. The highest BCUT2D eigenvalue weighted by atomic mass is 32.2. The molecule has 1 nitrogen and oxygen atoms in total. The second kappa shape index (κ2) is 5.39. The molecular formula is C10H12F3NS. The maximum absolute atomic E-state index is 11.8. The van der Waals surface area contributed by atoms with Gasteiger partial charge in [-0.15, -0.1) is 0 Å². The number of aromatic nitrogens is 1. The molecular weight excluding hydrogens is 223 g/mol. The van der Waals surface area contributed by atoms with Gasteiger partial charge in [0.2, 0.25) is 0 Å². The summed E-state index contributed by atoms with van der Waals surface area (Å²) in [6.45, 7) is 1.92. The van der Waals surface area contributed by atoms with E-state index in [1.165, 1.54) is 11.8 Å². The summed E-state index contributed by atoms with van der Waals surface area (Å²) in [4.78, 5) is 4.11. The number of alkyl halides is 3. The lowest BCUT2D eigenvalue weighted by Crippen LogP contribution is -2.08. The largest absolute Gasteiger partial charge is 0.389 e. The molecule has 0 spiro atoms. The fraction of sp³-hybridized carbons (Fsp3) is 0.500. The van der Waals surface area contributed by atoms with Crippen LogP contribution < -0.4 is 0 Å². The number of hydrogen-bond donors (Lipinski definition) is 0. The fourth-order valence-corrected chi connectivity index (χ4v) is 1.85. The predicted octanol–water partition coefficient (Wildman–Crippen LogP) is 3.58. The first-order valence-electron chi connectivity index (χ1n) is 4.53. The summed E-state index contributed by atoms with van der Waals surface area (Å²) in [5.41, 5.74) is 1.88. The van der Waals surface area contributed by atoms with Gasteiger partial charge in [-0.3, -0.25) is 4.98 Å². The van der Waals surface area contributed by atoms with Crippen molar-refractivity contribution in [1.29, 1.82) is 0 Å². The van der Waals surface area contributed by atoms with E-state index in [1.54, 1.807) is 6.20 Å². The van der Waals surface area contributed by atoms with Crippen LogP contribution in [0.4, 0.5) is 13.2 Å². The van der Waals surface area contributed by atoms with Crippen LogP contribution in [0, 0.1) is 6.92 Å². The van der Waals surface area contributed by atoms with Crippen LogP contribution in [-0.2, 0) is 5.75 Å². The van der Waals surface area contributed by atoms with Gasteiger partial charge in [-0.2, -0.15) is 24.9 Å². The second-order valence-electron chi connectivity index (χ2n) is 3.24. The summed E-state index contributed by atoms with van der Waals surface area (Å²) >= 11 is 1.26. The molecule has 0 saturated carbocycles. The highest BCUT2D eigenvalue weighted by Gasteiger charge is 2.26. The monoisotopic (exact) mass is 235 g/mol. The SMILES string of the molecule is Cc1ccc(CSCCC(F)(F)F)nc1. The molecule has 0 aliphatic carbocycles. The smallest absolute Gasteiger partial charge is 0.260 e. The molecule has 1 aromatic rings. The van der Waals surface area contributed by atoms with Gasteiger partial charge in [0.25, 0.3) is 0 Å². The van der Waals surface area contributed by atoms with E-state index in [-0.39, 0.29) is 5.75 Å². The number of thioether (sulfide) groups is 1. The van der Waals surface area contributed by atoms with Gasteiger partial charge < -0.3 is 0 Å². The zero-order valence-corrected chi connectivity index (χ0v) is 9.16. The summed E-state index contributed by atoms with van der Waals surface area (Å²) in [5.74, 6) is 0.634. The zero-order chi connectivity index (χ0) is 11.3. The van der Waals surface area contributed by atoms with Crippen LogP contribution in [-0.4, -0.2) is 16.9 Å². The van der Waals surface area contributed by atoms with E-state index >= 15 is 0 Å². The highest BCUT2D eigenvalue weighted by Crippen LogP contribution is 2.23. The Morgan fingerprint density at radius 2 is 2.07 bits per heavy atom. The minimum atomic E-state index is -4.05. The molecule has 1 aromatic heterocycles. The van der Waals surface area contributed by atoms with Crippen molar-refractivity contribution in [3.8, 4) is 0 Å². The van der Waals surface area contributed by atoms with Gasteiger partial charge in [0.05, 0.1) is 12.1 Å². The molecule has 0 amide bonds. The third-order valence-corrected chi connectivity index (χ3v) is 2.75. The zero-order valence-electron chi connectivity index (χ0n) is 8.34. The van der Waals surface area contributed by atoms with Gasteiger partial charge in [0.1, 0.15) is 0 Å². The minimum absolute atomic E-state index is 0.0963. The Morgan fingerprint density at radius 3 is 2.60 bits per heavy atom. The predicted molar refractivity (Wildman–Crippen MR) is 55.8 cm³/mol. The molecule has 1 rings (SSSR count). The summed E-state index contributed by atoms with van der Waals surface area (Å²) in [7, 11) is 0. The van der Waals surface area contributed by atoms with E-state index < -0.39 is 12.6 Å². The molecule has 0 bridgehead atoms. The first kappa shape index (κ1) is 12.4. The van der Waals surface area contributed by atoms with E-state index in [0.717, 1.165) is 11.3 Å². The van der Waals surface area contributed by atoms with E-state index in [9.17, 15) is 13.2 Å². The average molecular weight is 235 g/mol. The normalized spacial score (nSPS) is 11.7. The van der Waals surface area contributed by atoms with Crippen LogP contribution in [0.3, 0.4) is 0 Å². The lowest BCUT2D eigenvalue weighted by atomic mass is 10.3. The second-order valence-corrected chi connectivity index (χ2v) is 4.35. The van der Waals surface area contributed by atoms with Gasteiger partial charge in [0.15, 0.2) is 0 Å². The van der Waals surface area contributed by atoms with E-state index in [2.05, 4.69) is 4.98 Å². The highest BCUT2D eigenvalue weighted by molar-refractivity contribution is 7.98. The van der Waals surface area contributed by atoms with Crippen LogP contribution in [0.1, 0.15) is 17.7 Å². The number of nitrogens with zero attached hydrogens (tertiary/aromatic N) is 1.